The Morgan fingerprint density at radius 3 is 1.96 bits per heavy atom. The highest BCUT2D eigenvalue weighted by Crippen LogP contribution is 2.20. The monoisotopic (exact) mass is 377 g/mol. The summed E-state index contributed by atoms with van der Waals surface area (Å²) in [6.45, 7) is -2.97. The number of benzene rings is 2. The normalized spacial score (nSPS) is 11.6. The van der Waals surface area contributed by atoms with E-state index in [2.05, 4.69) is 10.1 Å². The van der Waals surface area contributed by atoms with Crippen LogP contribution in [0.2, 0.25) is 0 Å². The Morgan fingerprint density at radius 1 is 0.920 bits per heavy atom. The Hall–Kier alpha value is -2.62. The third-order valence-electron chi connectivity index (χ3n) is 3.02. The molecule has 0 saturated heterocycles. The Labute approximate surface area is 140 Å². The molecule has 0 fully saturated rings. The molecule has 0 aliphatic rings. The molecular formula is C15H11F4NO4S. The summed E-state index contributed by atoms with van der Waals surface area (Å²) in [7, 11) is -4.73. The molecule has 0 heterocycles. The lowest BCUT2D eigenvalue weighted by Crippen LogP contribution is -2.14. The van der Waals surface area contributed by atoms with Gasteiger partial charge >= 0.3 is 12.4 Å². The molecule has 0 radical (unpaired) electrons. The first kappa shape index (κ1) is 18.7. The van der Waals surface area contributed by atoms with Crippen molar-refractivity contribution in [1.82, 2.24) is 0 Å². The van der Waals surface area contributed by atoms with E-state index >= 15 is 0 Å². The number of nitrogens with one attached hydrogen (secondary N) is 1. The first-order valence-corrected chi connectivity index (χ1v) is 8.23. The SMILES string of the molecule is O=C(Nc1ccc(OC(F)F)cc1)c1ccc(S(=O)(=O)C(F)F)cc1. The molecule has 0 bridgehead atoms. The fourth-order valence-corrected chi connectivity index (χ4v) is 2.54. The quantitative estimate of drug-likeness (QED) is 0.782. The maximum absolute atomic E-state index is 12.4. The molecule has 0 aliphatic heterocycles. The highest BCUT2D eigenvalue weighted by Gasteiger charge is 2.26. The number of hydrogen-bond donors (Lipinski definition) is 1. The average molecular weight is 377 g/mol. The number of rotatable bonds is 6. The predicted octanol–water partition coefficient (Wildman–Crippen LogP) is 3.54. The van der Waals surface area contributed by atoms with Crippen LogP contribution in [0.5, 0.6) is 5.75 Å². The zero-order valence-corrected chi connectivity index (χ0v) is 13.1. The number of carbonyl (C=O) groups excluding carboxylic acids is 1. The molecule has 2 rings (SSSR count). The summed E-state index contributed by atoms with van der Waals surface area (Å²) in [4.78, 5) is 11.4. The standard InChI is InChI=1S/C15H11F4NO4S/c16-14(17)24-11-5-3-10(4-6-11)20-13(21)9-1-7-12(8-2-9)25(22,23)15(18)19/h1-8,14-15H,(H,20,21). The van der Waals surface area contributed by atoms with E-state index in [-0.39, 0.29) is 17.0 Å². The molecule has 0 saturated carbocycles. The minimum absolute atomic E-state index is 0.0288. The van der Waals surface area contributed by atoms with E-state index in [0.29, 0.717) is 0 Å². The summed E-state index contributed by atoms with van der Waals surface area (Å²) in [5, 5.41) is 2.44. The Kier molecular flexibility index (Phi) is 5.62. The molecule has 134 valence electrons. The summed E-state index contributed by atoms with van der Waals surface area (Å²) in [5.74, 6) is -4.28. The Balaban J connectivity index is 2.08. The lowest BCUT2D eigenvalue weighted by atomic mass is 10.2. The van der Waals surface area contributed by atoms with Crippen molar-refractivity contribution in [2.45, 2.75) is 17.3 Å². The van der Waals surface area contributed by atoms with Crippen molar-refractivity contribution in [3.8, 4) is 5.75 Å². The molecule has 0 spiro atoms. The van der Waals surface area contributed by atoms with E-state index in [0.717, 1.165) is 24.3 Å². The number of amides is 1. The fraction of sp³-hybridized carbons (Fsp3) is 0.133. The zero-order chi connectivity index (χ0) is 18.6. The van der Waals surface area contributed by atoms with Gasteiger partial charge in [0.1, 0.15) is 5.75 Å². The van der Waals surface area contributed by atoms with E-state index in [9.17, 15) is 30.8 Å². The molecule has 0 unspecified atom stereocenters. The first-order chi connectivity index (χ1) is 11.7. The number of ether oxygens (including phenoxy) is 1. The fourth-order valence-electron chi connectivity index (χ4n) is 1.82. The minimum atomic E-state index is -4.73. The third kappa shape index (κ3) is 4.69. The smallest absolute Gasteiger partial charge is 0.387 e. The van der Waals surface area contributed by atoms with Crippen molar-refractivity contribution in [2.75, 3.05) is 5.32 Å². The Bertz CT molecular complexity index is 837. The van der Waals surface area contributed by atoms with Gasteiger partial charge in [-0.15, -0.1) is 0 Å². The van der Waals surface area contributed by atoms with Crippen LogP contribution in [0.4, 0.5) is 23.2 Å². The van der Waals surface area contributed by atoms with E-state index in [1.54, 1.807) is 0 Å². The number of alkyl halides is 4. The predicted molar refractivity (Wildman–Crippen MR) is 80.7 cm³/mol. The van der Waals surface area contributed by atoms with Crippen LogP contribution >= 0.6 is 0 Å². The zero-order valence-electron chi connectivity index (χ0n) is 12.3. The second-order valence-corrected chi connectivity index (χ2v) is 6.60. The molecule has 1 amide bonds. The van der Waals surface area contributed by atoms with Crippen LogP contribution in [-0.4, -0.2) is 26.7 Å². The van der Waals surface area contributed by atoms with Gasteiger partial charge < -0.3 is 10.1 Å². The van der Waals surface area contributed by atoms with Crippen molar-refractivity contribution in [2.24, 2.45) is 0 Å². The molecule has 5 nitrogen and oxygen atoms in total. The van der Waals surface area contributed by atoms with Crippen LogP contribution < -0.4 is 10.1 Å². The van der Waals surface area contributed by atoms with Gasteiger partial charge in [-0.1, -0.05) is 0 Å². The third-order valence-corrected chi connectivity index (χ3v) is 4.42. The van der Waals surface area contributed by atoms with E-state index < -0.39 is 33.0 Å². The van der Waals surface area contributed by atoms with Crippen LogP contribution in [0.25, 0.3) is 0 Å². The second-order valence-electron chi connectivity index (χ2n) is 4.69. The van der Waals surface area contributed by atoms with Gasteiger partial charge in [-0.25, -0.2) is 8.42 Å². The summed E-state index contributed by atoms with van der Waals surface area (Å²) in [6, 6.07) is 9.06. The molecule has 10 heteroatoms. The lowest BCUT2D eigenvalue weighted by molar-refractivity contribution is -0.0498. The molecule has 2 aromatic rings. The van der Waals surface area contributed by atoms with Crippen molar-refractivity contribution in [3.63, 3.8) is 0 Å². The van der Waals surface area contributed by atoms with Gasteiger partial charge in [-0.3, -0.25) is 4.79 Å². The van der Waals surface area contributed by atoms with Gasteiger partial charge in [-0.05, 0) is 48.5 Å². The van der Waals surface area contributed by atoms with Gasteiger partial charge in [0.15, 0.2) is 0 Å². The molecular weight excluding hydrogens is 366 g/mol. The van der Waals surface area contributed by atoms with E-state index in [4.69, 9.17) is 0 Å². The molecule has 0 aromatic heterocycles. The molecule has 1 N–H and O–H groups in total. The molecule has 0 atom stereocenters. The highest BCUT2D eigenvalue weighted by molar-refractivity contribution is 7.91. The van der Waals surface area contributed by atoms with E-state index in [1.165, 1.54) is 24.3 Å². The summed E-state index contributed by atoms with van der Waals surface area (Å²) < 4.78 is 75.7. The van der Waals surface area contributed by atoms with Gasteiger partial charge in [0.05, 0.1) is 4.90 Å². The van der Waals surface area contributed by atoms with Crippen molar-refractivity contribution in [3.05, 3.63) is 54.1 Å². The average Bonchev–Trinajstić information content (AvgIpc) is 2.56. The van der Waals surface area contributed by atoms with Gasteiger partial charge in [-0.2, -0.15) is 17.6 Å². The number of hydrogen-bond acceptors (Lipinski definition) is 4. The lowest BCUT2D eigenvalue weighted by Gasteiger charge is -2.08. The van der Waals surface area contributed by atoms with Crippen LogP contribution in [0, 0.1) is 0 Å². The van der Waals surface area contributed by atoms with E-state index in [1.807, 2.05) is 0 Å². The van der Waals surface area contributed by atoms with Crippen LogP contribution in [0.1, 0.15) is 10.4 Å². The van der Waals surface area contributed by atoms with Crippen molar-refractivity contribution in [1.29, 1.82) is 0 Å². The van der Waals surface area contributed by atoms with Gasteiger partial charge in [0, 0.05) is 11.3 Å². The largest absolute Gasteiger partial charge is 0.435 e. The van der Waals surface area contributed by atoms with Gasteiger partial charge in [0.2, 0.25) is 9.84 Å². The topological polar surface area (TPSA) is 72.5 Å². The number of halogens is 4. The summed E-state index contributed by atoms with van der Waals surface area (Å²) in [6.07, 6.45) is 0. The van der Waals surface area contributed by atoms with Crippen molar-refractivity contribution >= 4 is 21.4 Å². The van der Waals surface area contributed by atoms with Crippen LogP contribution in [0.15, 0.2) is 53.4 Å². The molecule has 2 aromatic carbocycles. The Morgan fingerprint density at radius 2 is 1.48 bits per heavy atom. The van der Waals surface area contributed by atoms with Crippen molar-refractivity contribution < 1.29 is 35.5 Å². The first-order valence-electron chi connectivity index (χ1n) is 6.68. The molecule has 0 aliphatic carbocycles. The second kappa shape index (κ2) is 7.51. The maximum atomic E-state index is 12.4. The van der Waals surface area contributed by atoms with Gasteiger partial charge in [0.25, 0.3) is 5.91 Å². The number of carbonyl (C=O) groups is 1. The minimum Gasteiger partial charge on any atom is -0.435 e. The molecule has 25 heavy (non-hydrogen) atoms. The van der Waals surface area contributed by atoms with Crippen LogP contribution in [-0.2, 0) is 9.84 Å². The summed E-state index contributed by atoms with van der Waals surface area (Å²) >= 11 is 0. The number of anilines is 1. The number of sulfone groups is 1. The summed E-state index contributed by atoms with van der Waals surface area (Å²) in [5.41, 5.74) is 0.303. The maximum Gasteiger partial charge on any atom is 0.387 e. The van der Waals surface area contributed by atoms with Crippen LogP contribution in [0.3, 0.4) is 0 Å². The highest BCUT2D eigenvalue weighted by atomic mass is 32.2.